The molecule has 0 amide bonds. The predicted molar refractivity (Wildman–Crippen MR) is 77.0 cm³/mol. The van der Waals surface area contributed by atoms with Gasteiger partial charge in [-0.25, -0.2) is 4.79 Å². The minimum absolute atomic E-state index is 0.00450. The molecule has 5 heteroatoms. The third kappa shape index (κ3) is 3.21. The van der Waals surface area contributed by atoms with Crippen molar-refractivity contribution in [2.75, 3.05) is 7.05 Å². The molecule has 1 aromatic carbocycles. The molecular formula is C15H16ClNO3. The second-order valence-electron chi connectivity index (χ2n) is 4.73. The smallest absolute Gasteiger partial charge is 0.372 e. The van der Waals surface area contributed by atoms with Crippen LogP contribution in [0.5, 0.6) is 0 Å². The summed E-state index contributed by atoms with van der Waals surface area (Å²) in [6.45, 7) is 2.54. The highest BCUT2D eigenvalue weighted by atomic mass is 35.5. The Balaban J connectivity index is 2.13. The standard InChI is InChI=1S/C15H16ClNO3/c1-10(11-4-3-5-13(16)8-11)17(2)9-12-6-7-20-14(12)15(18)19/h3-8,10H,9H2,1-2H3,(H,18,19). The highest BCUT2D eigenvalue weighted by Gasteiger charge is 2.18. The minimum Gasteiger partial charge on any atom is -0.475 e. The predicted octanol–water partition coefficient (Wildman–Crippen LogP) is 3.82. The Bertz CT molecular complexity index is 609. The third-order valence-corrected chi connectivity index (χ3v) is 3.59. The largest absolute Gasteiger partial charge is 0.475 e. The molecule has 1 N–H and O–H groups in total. The first-order chi connectivity index (χ1) is 9.49. The average Bonchev–Trinajstić information content (AvgIpc) is 2.86. The van der Waals surface area contributed by atoms with E-state index in [2.05, 4.69) is 0 Å². The van der Waals surface area contributed by atoms with E-state index in [-0.39, 0.29) is 11.8 Å². The Morgan fingerprint density at radius 1 is 1.45 bits per heavy atom. The fourth-order valence-electron chi connectivity index (χ4n) is 2.07. The second-order valence-corrected chi connectivity index (χ2v) is 5.16. The number of carboxylic acid groups (broad SMARTS) is 1. The van der Waals surface area contributed by atoms with Gasteiger partial charge in [0.2, 0.25) is 5.76 Å². The number of carboxylic acids is 1. The van der Waals surface area contributed by atoms with Gasteiger partial charge in [0.05, 0.1) is 6.26 Å². The molecule has 0 radical (unpaired) electrons. The number of aromatic carboxylic acids is 1. The van der Waals surface area contributed by atoms with Crippen LogP contribution in [0.25, 0.3) is 0 Å². The van der Waals surface area contributed by atoms with E-state index in [1.165, 1.54) is 6.26 Å². The Labute approximate surface area is 122 Å². The molecule has 0 saturated heterocycles. The number of furan rings is 1. The van der Waals surface area contributed by atoms with Crippen LogP contribution in [0.15, 0.2) is 41.0 Å². The van der Waals surface area contributed by atoms with E-state index < -0.39 is 5.97 Å². The zero-order valence-corrected chi connectivity index (χ0v) is 12.1. The molecule has 2 aromatic rings. The summed E-state index contributed by atoms with van der Waals surface area (Å²) in [6, 6.07) is 9.45. The van der Waals surface area contributed by atoms with Crippen LogP contribution >= 0.6 is 11.6 Å². The van der Waals surface area contributed by atoms with Crippen molar-refractivity contribution in [2.24, 2.45) is 0 Å². The lowest BCUT2D eigenvalue weighted by atomic mass is 10.1. The molecule has 0 bridgehead atoms. The quantitative estimate of drug-likeness (QED) is 0.910. The van der Waals surface area contributed by atoms with Crippen LogP contribution in [0.2, 0.25) is 5.02 Å². The van der Waals surface area contributed by atoms with Crippen LogP contribution in [0, 0.1) is 0 Å². The Morgan fingerprint density at radius 3 is 2.85 bits per heavy atom. The Morgan fingerprint density at radius 2 is 2.20 bits per heavy atom. The van der Waals surface area contributed by atoms with Gasteiger partial charge in [0.25, 0.3) is 0 Å². The number of carbonyl (C=O) groups is 1. The van der Waals surface area contributed by atoms with Crippen LogP contribution in [0.4, 0.5) is 0 Å². The first-order valence-electron chi connectivity index (χ1n) is 6.24. The summed E-state index contributed by atoms with van der Waals surface area (Å²) < 4.78 is 4.98. The van der Waals surface area contributed by atoms with Crippen molar-refractivity contribution in [3.8, 4) is 0 Å². The van der Waals surface area contributed by atoms with Gasteiger partial charge in [0.1, 0.15) is 0 Å². The van der Waals surface area contributed by atoms with Crippen molar-refractivity contribution in [1.82, 2.24) is 4.90 Å². The molecule has 20 heavy (non-hydrogen) atoms. The maximum absolute atomic E-state index is 11.0. The van der Waals surface area contributed by atoms with E-state index in [4.69, 9.17) is 21.1 Å². The average molecular weight is 294 g/mol. The number of hydrogen-bond donors (Lipinski definition) is 1. The molecule has 106 valence electrons. The topological polar surface area (TPSA) is 53.7 Å². The monoisotopic (exact) mass is 293 g/mol. The highest BCUT2D eigenvalue weighted by Crippen LogP contribution is 2.24. The number of halogens is 1. The van der Waals surface area contributed by atoms with E-state index >= 15 is 0 Å². The highest BCUT2D eigenvalue weighted by molar-refractivity contribution is 6.30. The molecule has 4 nitrogen and oxygen atoms in total. The number of hydrogen-bond acceptors (Lipinski definition) is 3. The van der Waals surface area contributed by atoms with Crippen molar-refractivity contribution >= 4 is 17.6 Å². The van der Waals surface area contributed by atoms with E-state index in [1.807, 2.05) is 43.1 Å². The van der Waals surface area contributed by atoms with E-state index in [1.54, 1.807) is 6.07 Å². The Hall–Kier alpha value is -1.78. The van der Waals surface area contributed by atoms with Crippen LogP contribution < -0.4 is 0 Å². The Kier molecular flexibility index (Phi) is 4.47. The van der Waals surface area contributed by atoms with Crippen molar-refractivity contribution in [1.29, 1.82) is 0 Å². The van der Waals surface area contributed by atoms with Crippen molar-refractivity contribution in [2.45, 2.75) is 19.5 Å². The molecule has 0 spiro atoms. The fraction of sp³-hybridized carbons (Fsp3) is 0.267. The van der Waals surface area contributed by atoms with Gasteiger partial charge >= 0.3 is 5.97 Å². The van der Waals surface area contributed by atoms with Gasteiger partial charge in [-0.15, -0.1) is 0 Å². The molecule has 0 aliphatic heterocycles. The van der Waals surface area contributed by atoms with Crippen LogP contribution in [-0.2, 0) is 6.54 Å². The van der Waals surface area contributed by atoms with Gasteiger partial charge in [-0.1, -0.05) is 23.7 Å². The zero-order chi connectivity index (χ0) is 14.7. The molecule has 0 saturated carbocycles. The van der Waals surface area contributed by atoms with E-state index in [9.17, 15) is 4.79 Å². The summed E-state index contributed by atoms with van der Waals surface area (Å²) in [5, 5.41) is 9.72. The molecule has 1 heterocycles. The van der Waals surface area contributed by atoms with Gasteiger partial charge < -0.3 is 9.52 Å². The lowest BCUT2D eigenvalue weighted by molar-refractivity contribution is 0.0659. The SMILES string of the molecule is CC(c1cccc(Cl)c1)N(C)Cc1ccoc1C(=O)O. The number of rotatable bonds is 5. The van der Waals surface area contributed by atoms with E-state index in [0.29, 0.717) is 17.1 Å². The summed E-state index contributed by atoms with van der Waals surface area (Å²) in [6.07, 6.45) is 1.40. The molecule has 1 unspecified atom stereocenters. The van der Waals surface area contributed by atoms with Crippen LogP contribution in [0.1, 0.15) is 34.6 Å². The van der Waals surface area contributed by atoms with Crippen LogP contribution in [-0.4, -0.2) is 23.0 Å². The summed E-state index contributed by atoms with van der Waals surface area (Å²) in [5.41, 5.74) is 1.74. The van der Waals surface area contributed by atoms with Gasteiger partial charge in [0.15, 0.2) is 0 Å². The van der Waals surface area contributed by atoms with Crippen molar-refractivity contribution < 1.29 is 14.3 Å². The molecule has 0 aliphatic carbocycles. The van der Waals surface area contributed by atoms with Gasteiger partial charge in [0, 0.05) is 23.2 Å². The normalized spacial score (nSPS) is 12.6. The van der Waals surface area contributed by atoms with Gasteiger partial charge in [-0.3, -0.25) is 4.90 Å². The molecule has 1 aromatic heterocycles. The minimum atomic E-state index is -1.05. The van der Waals surface area contributed by atoms with E-state index in [0.717, 1.165) is 5.56 Å². The lowest BCUT2D eigenvalue weighted by Crippen LogP contribution is -2.22. The van der Waals surface area contributed by atoms with Gasteiger partial charge in [-0.2, -0.15) is 0 Å². The molecule has 2 rings (SSSR count). The third-order valence-electron chi connectivity index (χ3n) is 3.35. The fourth-order valence-corrected chi connectivity index (χ4v) is 2.27. The van der Waals surface area contributed by atoms with Gasteiger partial charge in [-0.05, 0) is 37.7 Å². The molecular weight excluding hydrogens is 278 g/mol. The second kappa shape index (κ2) is 6.11. The first-order valence-corrected chi connectivity index (χ1v) is 6.62. The summed E-state index contributed by atoms with van der Waals surface area (Å²) >= 11 is 5.99. The maximum Gasteiger partial charge on any atom is 0.372 e. The summed E-state index contributed by atoms with van der Waals surface area (Å²) in [7, 11) is 1.93. The lowest BCUT2D eigenvalue weighted by Gasteiger charge is -2.25. The zero-order valence-electron chi connectivity index (χ0n) is 11.3. The number of benzene rings is 1. The maximum atomic E-state index is 11.0. The molecule has 0 fully saturated rings. The first kappa shape index (κ1) is 14.6. The van der Waals surface area contributed by atoms with Crippen molar-refractivity contribution in [3.63, 3.8) is 0 Å². The number of nitrogens with zero attached hydrogens (tertiary/aromatic N) is 1. The molecule has 0 aliphatic rings. The summed E-state index contributed by atoms with van der Waals surface area (Å²) in [5.74, 6) is -1.05. The van der Waals surface area contributed by atoms with Crippen molar-refractivity contribution in [3.05, 3.63) is 58.5 Å². The van der Waals surface area contributed by atoms with Crippen LogP contribution in [0.3, 0.4) is 0 Å². The summed E-state index contributed by atoms with van der Waals surface area (Å²) in [4.78, 5) is 13.1. The molecule has 1 atom stereocenters.